The van der Waals surface area contributed by atoms with Crippen molar-refractivity contribution in [3.05, 3.63) is 35.9 Å². The summed E-state index contributed by atoms with van der Waals surface area (Å²) in [4.78, 5) is 25.6. The number of nitrogens with zero attached hydrogens (tertiary/aromatic N) is 1. The average molecular weight is 334 g/mol. The first-order chi connectivity index (χ1) is 11.3. The van der Waals surface area contributed by atoms with E-state index < -0.39 is 5.60 Å². The van der Waals surface area contributed by atoms with Crippen molar-refractivity contribution < 1.29 is 19.1 Å². The zero-order valence-corrected chi connectivity index (χ0v) is 14.7. The van der Waals surface area contributed by atoms with Gasteiger partial charge in [0.15, 0.2) is 0 Å². The van der Waals surface area contributed by atoms with Gasteiger partial charge in [0.1, 0.15) is 12.2 Å². The van der Waals surface area contributed by atoms with Crippen LogP contribution < -0.4 is 5.32 Å². The molecule has 24 heavy (non-hydrogen) atoms. The Morgan fingerprint density at radius 1 is 1.38 bits per heavy atom. The van der Waals surface area contributed by atoms with Crippen molar-refractivity contribution in [2.75, 3.05) is 19.7 Å². The highest BCUT2D eigenvalue weighted by Gasteiger charge is 2.30. The molecule has 0 radical (unpaired) electrons. The summed E-state index contributed by atoms with van der Waals surface area (Å²) >= 11 is 0. The van der Waals surface area contributed by atoms with Crippen molar-refractivity contribution >= 4 is 12.0 Å². The molecule has 1 N–H and O–H groups in total. The van der Waals surface area contributed by atoms with Crippen molar-refractivity contribution in [3.63, 3.8) is 0 Å². The van der Waals surface area contributed by atoms with Crippen LogP contribution in [0.15, 0.2) is 30.3 Å². The van der Waals surface area contributed by atoms with E-state index in [1.54, 1.807) is 4.90 Å². The molecule has 1 fully saturated rings. The van der Waals surface area contributed by atoms with E-state index in [0.29, 0.717) is 13.1 Å². The molecule has 6 heteroatoms. The highest BCUT2D eigenvalue weighted by molar-refractivity contribution is 5.77. The van der Waals surface area contributed by atoms with E-state index in [4.69, 9.17) is 9.47 Å². The van der Waals surface area contributed by atoms with Gasteiger partial charge < -0.3 is 14.8 Å². The molecule has 0 spiro atoms. The van der Waals surface area contributed by atoms with Crippen molar-refractivity contribution in [2.24, 2.45) is 0 Å². The molecule has 1 saturated heterocycles. The number of rotatable bonds is 4. The van der Waals surface area contributed by atoms with Gasteiger partial charge in [0.2, 0.25) is 5.91 Å². The Bertz CT molecular complexity index is 558. The number of amides is 2. The molecule has 0 bridgehead atoms. The summed E-state index contributed by atoms with van der Waals surface area (Å²) in [7, 11) is 0. The van der Waals surface area contributed by atoms with Gasteiger partial charge in [-0.3, -0.25) is 9.69 Å². The first kappa shape index (κ1) is 18.3. The van der Waals surface area contributed by atoms with E-state index in [-0.39, 0.29) is 30.8 Å². The van der Waals surface area contributed by atoms with Crippen LogP contribution in [0.3, 0.4) is 0 Å². The third-order valence-electron chi connectivity index (χ3n) is 3.75. The van der Waals surface area contributed by atoms with Crippen molar-refractivity contribution in [1.29, 1.82) is 0 Å². The second-order valence-corrected chi connectivity index (χ2v) is 6.96. The van der Waals surface area contributed by atoms with Gasteiger partial charge in [-0.25, -0.2) is 4.79 Å². The summed E-state index contributed by atoms with van der Waals surface area (Å²) < 4.78 is 11.1. The molecule has 2 amide bonds. The van der Waals surface area contributed by atoms with Crippen LogP contribution in [0, 0.1) is 0 Å². The van der Waals surface area contributed by atoms with E-state index in [2.05, 4.69) is 5.32 Å². The molecule has 0 saturated carbocycles. The Morgan fingerprint density at radius 3 is 2.58 bits per heavy atom. The first-order valence-electron chi connectivity index (χ1n) is 8.19. The maximum Gasteiger partial charge on any atom is 0.410 e. The molecule has 1 aliphatic rings. The third-order valence-corrected chi connectivity index (χ3v) is 3.75. The lowest BCUT2D eigenvalue weighted by Gasteiger charge is -2.35. The minimum atomic E-state index is -0.576. The normalized spacial score (nSPS) is 19.3. The monoisotopic (exact) mass is 334 g/mol. The Balaban J connectivity index is 2.14. The van der Waals surface area contributed by atoms with E-state index in [9.17, 15) is 9.59 Å². The fourth-order valence-corrected chi connectivity index (χ4v) is 2.49. The number of ether oxygens (including phenoxy) is 2. The summed E-state index contributed by atoms with van der Waals surface area (Å²) in [6.07, 6.45) is -0.638. The van der Waals surface area contributed by atoms with Crippen molar-refractivity contribution in [3.8, 4) is 0 Å². The van der Waals surface area contributed by atoms with Crippen LogP contribution in [0.4, 0.5) is 4.79 Å². The van der Waals surface area contributed by atoms with E-state index in [1.807, 2.05) is 58.0 Å². The Morgan fingerprint density at radius 2 is 2.04 bits per heavy atom. The highest BCUT2D eigenvalue weighted by Crippen LogP contribution is 2.23. The molecule has 1 aromatic carbocycles. The lowest BCUT2D eigenvalue weighted by atomic mass is 10.1. The number of morpholine rings is 1. The Labute approximate surface area is 143 Å². The quantitative estimate of drug-likeness (QED) is 0.918. The summed E-state index contributed by atoms with van der Waals surface area (Å²) in [5.41, 5.74) is 0.441. The van der Waals surface area contributed by atoms with Crippen molar-refractivity contribution in [2.45, 2.75) is 45.4 Å². The van der Waals surface area contributed by atoms with Crippen LogP contribution in [0.25, 0.3) is 0 Å². The largest absolute Gasteiger partial charge is 0.444 e. The maximum atomic E-state index is 12.7. The number of hydrogen-bond donors (Lipinski definition) is 1. The van der Waals surface area contributed by atoms with Crippen LogP contribution in [-0.2, 0) is 14.3 Å². The lowest BCUT2D eigenvalue weighted by molar-refractivity contribution is -0.133. The molecule has 1 aromatic rings. The van der Waals surface area contributed by atoms with Crippen LogP contribution >= 0.6 is 0 Å². The van der Waals surface area contributed by atoms with Crippen LogP contribution in [0.1, 0.15) is 39.3 Å². The van der Waals surface area contributed by atoms with Crippen molar-refractivity contribution in [1.82, 2.24) is 10.2 Å². The predicted molar refractivity (Wildman–Crippen MR) is 90.5 cm³/mol. The van der Waals surface area contributed by atoms with E-state index in [0.717, 1.165) is 5.56 Å². The van der Waals surface area contributed by atoms with E-state index >= 15 is 0 Å². The highest BCUT2D eigenvalue weighted by atomic mass is 16.6. The molecular weight excluding hydrogens is 308 g/mol. The molecule has 1 unspecified atom stereocenters. The second kappa shape index (κ2) is 7.66. The smallest absolute Gasteiger partial charge is 0.410 e. The average Bonchev–Trinajstić information content (AvgIpc) is 2.53. The lowest BCUT2D eigenvalue weighted by Crippen LogP contribution is -2.50. The molecule has 2 atom stereocenters. The minimum Gasteiger partial charge on any atom is -0.444 e. The van der Waals surface area contributed by atoms with Gasteiger partial charge in [-0.1, -0.05) is 30.3 Å². The number of carbonyl (C=O) groups excluding carboxylic acids is 2. The molecule has 0 aliphatic carbocycles. The fraction of sp³-hybridized carbons (Fsp3) is 0.556. The zero-order chi connectivity index (χ0) is 17.7. The van der Waals surface area contributed by atoms with Gasteiger partial charge >= 0.3 is 6.09 Å². The van der Waals surface area contributed by atoms with Gasteiger partial charge in [0.25, 0.3) is 0 Å². The molecule has 1 aliphatic heterocycles. The zero-order valence-electron chi connectivity index (χ0n) is 14.7. The topological polar surface area (TPSA) is 67.9 Å². The third kappa shape index (κ3) is 5.23. The molecule has 2 rings (SSSR count). The van der Waals surface area contributed by atoms with Crippen LogP contribution in [0.2, 0.25) is 0 Å². The summed E-state index contributed by atoms with van der Waals surface area (Å²) in [6.45, 7) is 8.24. The van der Waals surface area contributed by atoms with Crippen LogP contribution in [0.5, 0.6) is 0 Å². The maximum absolute atomic E-state index is 12.7. The van der Waals surface area contributed by atoms with Gasteiger partial charge in [0.05, 0.1) is 18.7 Å². The second-order valence-electron chi connectivity index (χ2n) is 6.96. The van der Waals surface area contributed by atoms with Gasteiger partial charge in [0, 0.05) is 6.54 Å². The Kier molecular flexibility index (Phi) is 5.83. The summed E-state index contributed by atoms with van der Waals surface area (Å²) in [5, 5.41) is 2.76. The molecule has 1 heterocycles. The van der Waals surface area contributed by atoms with Gasteiger partial charge in [-0.05, 0) is 33.3 Å². The van der Waals surface area contributed by atoms with Crippen LogP contribution in [-0.4, -0.2) is 48.3 Å². The predicted octanol–water partition coefficient (Wildman–Crippen LogP) is 2.50. The standard InChI is InChI=1S/C18H26N2O4/c1-13(14-8-6-5-7-9-14)20(17(22)24-18(2,3)4)11-15-10-19-16(21)12-23-15/h5-9,13,15H,10-12H2,1-4H3,(H,19,21)/t13-,15?/m1/s1. The van der Waals surface area contributed by atoms with E-state index in [1.165, 1.54) is 0 Å². The van der Waals surface area contributed by atoms with Gasteiger partial charge in [-0.15, -0.1) is 0 Å². The first-order valence-corrected chi connectivity index (χ1v) is 8.19. The number of carbonyl (C=O) groups is 2. The molecule has 0 aromatic heterocycles. The summed E-state index contributed by atoms with van der Waals surface area (Å²) in [6, 6.07) is 9.61. The molecular formula is C18H26N2O4. The fourth-order valence-electron chi connectivity index (χ4n) is 2.49. The number of benzene rings is 1. The summed E-state index contributed by atoms with van der Waals surface area (Å²) in [5.74, 6) is -0.133. The minimum absolute atomic E-state index is 0.0204. The number of hydrogen-bond acceptors (Lipinski definition) is 4. The SMILES string of the molecule is C[C@H](c1ccccc1)N(CC1CNC(=O)CO1)C(=O)OC(C)(C)C. The van der Waals surface area contributed by atoms with Gasteiger partial charge in [-0.2, -0.15) is 0 Å². The Hall–Kier alpha value is -2.08. The molecule has 6 nitrogen and oxygen atoms in total. The molecule has 132 valence electrons. The number of nitrogens with one attached hydrogen (secondary N) is 1.